The number of nitrogens with one attached hydrogen (secondary N) is 2. The summed E-state index contributed by atoms with van der Waals surface area (Å²) in [5.74, 6) is 0.768. The van der Waals surface area contributed by atoms with Crippen molar-refractivity contribution in [2.45, 2.75) is 43.4 Å². The molecule has 1 aliphatic rings. The second-order valence-corrected chi connectivity index (χ2v) is 5.54. The van der Waals surface area contributed by atoms with E-state index < -0.39 is 0 Å². The minimum Gasteiger partial charge on any atom is -0.301 e. The second kappa shape index (κ2) is 6.03. The Morgan fingerprint density at radius 2 is 2.50 bits per heavy atom. The Kier molecular flexibility index (Phi) is 4.39. The van der Waals surface area contributed by atoms with Gasteiger partial charge in [-0.25, -0.2) is 4.98 Å². The molecule has 0 bridgehead atoms. The second-order valence-electron chi connectivity index (χ2n) is 4.45. The van der Waals surface area contributed by atoms with Crippen LogP contribution >= 0.6 is 11.8 Å². The molecule has 0 aromatic carbocycles. The third kappa shape index (κ3) is 4.17. The van der Waals surface area contributed by atoms with E-state index in [4.69, 9.17) is 5.26 Å². The number of nitriles is 1. The highest BCUT2D eigenvalue weighted by atomic mass is 32.2. The van der Waals surface area contributed by atoms with Crippen molar-refractivity contribution in [3.8, 4) is 6.07 Å². The summed E-state index contributed by atoms with van der Waals surface area (Å²) in [6, 6.07) is 4.18. The number of nitrogens with zero attached hydrogens (tertiary/aromatic N) is 2. The average Bonchev–Trinajstić information content (AvgIpc) is 3.10. The predicted octanol–water partition coefficient (Wildman–Crippen LogP) is 1.20. The molecule has 1 saturated carbocycles. The minimum atomic E-state index is -0.127. The number of H-pyrrole nitrogens is 1. The molecule has 0 radical (unpaired) electrons. The molecule has 2 N–H and O–H groups in total. The molecule has 0 spiro atoms. The van der Waals surface area contributed by atoms with Crippen LogP contribution in [0.4, 0.5) is 0 Å². The standard InChI is InChI=1S/C12H16N4OS/c1-8-6-11(17)16-12(14-8)18-5-4-10(7-13)15-9-2-3-9/h6,9-10,15H,2-5H2,1H3,(H,14,16,17). The SMILES string of the molecule is Cc1cc(=O)[nH]c(SCCC(C#N)NC2CC2)n1. The maximum atomic E-state index is 11.2. The van der Waals surface area contributed by atoms with Crippen LogP contribution in [0.15, 0.2) is 16.0 Å². The van der Waals surface area contributed by atoms with Crippen LogP contribution in [0.5, 0.6) is 0 Å². The zero-order valence-corrected chi connectivity index (χ0v) is 11.1. The van der Waals surface area contributed by atoms with E-state index in [0.29, 0.717) is 16.9 Å². The van der Waals surface area contributed by atoms with E-state index in [1.165, 1.54) is 30.7 Å². The van der Waals surface area contributed by atoms with Crippen molar-refractivity contribution >= 4 is 11.8 Å². The molecule has 1 aromatic heterocycles. The van der Waals surface area contributed by atoms with Gasteiger partial charge < -0.3 is 4.98 Å². The highest BCUT2D eigenvalue weighted by Gasteiger charge is 2.24. The number of thioether (sulfide) groups is 1. The summed E-state index contributed by atoms with van der Waals surface area (Å²) in [6.45, 7) is 1.80. The molecule has 5 nitrogen and oxygen atoms in total. The zero-order valence-electron chi connectivity index (χ0n) is 10.3. The summed E-state index contributed by atoms with van der Waals surface area (Å²) in [6.07, 6.45) is 3.12. The molecular formula is C12H16N4OS. The topological polar surface area (TPSA) is 81.6 Å². The van der Waals surface area contributed by atoms with E-state index in [1.807, 2.05) is 0 Å². The number of rotatable bonds is 6. The maximum absolute atomic E-state index is 11.2. The fourth-order valence-electron chi connectivity index (χ4n) is 1.61. The Morgan fingerprint density at radius 3 is 3.11 bits per heavy atom. The lowest BCUT2D eigenvalue weighted by atomic mass is 10.2. The first-order valence-electron chi connectivity index (χ1n) is 6.04. The first-order valence-corrected chi connectivity index (χ1v) is 7.02. The summed E-state index contributed by atoms with van der Waals surface area (Å²) in [7, 11) is 0. The Balaban J connectivity index is 1.79. The van der Waals surface area contributed by atoms with Gasteiger partial charge in [0, 0.05) is 23.6 Å². The molecular weight excluding hydrogens is 248 g/mol. The quantitative estimate of drug-likeness (QED) is 0.596. The Labute approximate surface area is 110 Å². The van der Waals surface area contributed by atoms with Crippen LogP contribution in [0.2, 0.25) is 0 Å². The Hall–Kier alpha value is -1.32. The van der Waals surface area contributed by atoms with Crippen molar-refractivity contribution in [3.05, 3.63) is 22.1 Å². The van der Waals surface area contributed by atoms with Gasteiger partial charge in [0.1, 0.15) is 0 Å². The van der Waals surface area contributed by atoms with Gasteiger partial charge >= 0.3 is 0 Å². The van der Waals surface area contributed by atoms with Gasteiger partial charge in [-0.05, 0) is 26.2 Å². The molecule has 1 unspecified atom stereocenters. The van der Waals surface area contributed by atoms with E-state index in [1.54, 1.807) is 6.92 Å². The lowest BCUT2D eigenvalue weighted by molar-refractivity contribution is 0.587. The minimum absolute atomic E-state index is 0.0958. The molecule has 0 amide bonds. The monoisotopic (exact) mass is 264 g/mol. The summed E-state index contributed by atoms with van der Waals surface area (Å²) >= 11 is 1.48. The van der Waals surface area contributed by atoms with E-state index in [0.717, 1.165) is 12.2 Å². The lowest BCUT2D eigenvalue weighted by Gasteiger charge is -2.09. The van der Waals surface area contributed by atoms with Crippen LogP contribution in [-0.2, 0) is 0 Å². The number of aromatic amines is 1. The smallest absolute Gasteiger partial charge is 0.251 e. The number of hydrogen-bond donors (Lipinski definition) is 2. The number of aromatic nitrogens is 2. The van der Waals surface area contributed by atoms with Gasteiger partial charge in [-0.15, -0.1) is 0 Å². The van der Waals surface area contributed by atoms with Crippen molar-refractivity contribution < 1.29 is 0 Å². The summed E-state index contributed by atoms with van der Waals surface area (Å²) < 4.78 is 0. The third-order valence-electron chi connectivity index (χ3n) is 2.66. The van der Waals surface area contributed by atoms with Crippen LogP contribution < -0.4 is 10.9 Å². The summed E-state index contributed by atoms with van der Waals surface area (Å²) in [5.41, 5.74) is 0.590. The molecule has 1 heterocycles. The molecule has 18 heavy (non-hydrogen) atoms. The van der Waals surface area contributed by atoms with Crippen LogP contribution in [-0.4, -0.2) is 27.8 Å². The Morgan fingerprint density at radius 1 is 1.72 bits per heavy atom. The normalized spacial score (nSPS) is 16.2. The summed E-state index contributed by atoms with van der Waals surface area (Å²) in [5, 5.41) is 12.9. The van der Waals surface area contributed by atoms with Crippen molar-refractivity contribution in [1.29, 1.82) is 5.26 Å². The highest BCUT2D eigenvalue weighted by Crippen LogP contribution is 2.20. The Bertz CT molecular complexity index is 504. The van der Waals surface area contributed by atoms with Crippen LogP contribution in [0.3, 0.4) is 0 Å². The molecule has 6 heteroatoms. The number of hydrogen-bond acceptors (Lipinski definition) is 5. The van der Waals surface area contributed by atoms with Crippen molar-refractivity contribution in [1.82, 2.24) is 15.3 Å². The molecule has 2 rings (SSSR count). The van der Waals surface area contributed by atoms with Gasteiger partial charge in [-0.1, -0.05) is 11.8 Å². The van der Waals surface area contributed by atoms with Crippen LogP contribution in [0.25, 0.3) is 0 Å². The van der Waals surface area contributed by atoms with Gasteiger partial charge in [0.15, 0.2) is 5.16 Å². The van der Waals surface area contributed by atoms with Crippen molar-refractivity contribution in [2.24, 2.45) is 0 Å². The van der Waals surface area contributed by atoms with E-state index in [-0.39, 0.29) is 11.6 Å². The lowest BCUT2D eigenvalue weighted by Crippen LogP contribution is -2.30. The number of aryl methyl sites for hydroxylation is 1. The average molecular weight is 264 g/mol. The molecule has 1 aliphatic carbocycles. The highest BCUT2D eigenvalue weighted by molar-refractivity contribution is 7.99. The fourth-order valence-corrected chi connectivity index (χ4v) is 2.54. The molecule has 1 atom stereocenters. The molecule has 1 aromatic rings. The van der Waals surface area contributed by atoms with Gasteiger partial charge in [-0.3, -0.25) is 10.1 Å². The van der Waals surface area contributed by atoms with Gasteiger partial charge in [0.05, 0.1) is 12.1 Å². The maximum Gasteiger partial charge on any atom is 0.251 e. The first kappa shape index (κ1) is 13.1. The van der Waals surface area contributed by atoms with Crippen molar-refractivity contribution in [2.75, 3.05) is 5.75 Å². The van der Waals surface area contributed by atoms with Gasteiger partial charge in [0.25, 0.3) is 5.56 Å². The zero-order chi connectivity index (χ0) is 13.0. The van der Waals surface area contributed by atoms with E-state index >= 15 is 0 Å². The van der Waals surface area contributed by atoms with Crippen LogP contribution in [0.1, 0.15) is 25.0 Å². The van der Waals surface area contributed by atoms with Gasteiger partial charge in [0.2, 0.25) is 0 Å². The first-order chi connectivity index (χ1) is 8.67. The molecule has 0 aliphatic heterocycles. The van der Waals surface area contributed by atoms with E-state index in [9.17, 15) is 4.79 Å². The fraction of sp³-hybridized carbons (Fsp3) is 0.583. The molecule has 1 fully saturated rings. The molecule has 0 saturated heterocycles. The molecule has 96 valence electrons. The third-order valence-corrected chi connectivity index (χ3v) is 3.57. The summed E-state index contributed by atoms with van der Waals surface area (Å²) in [4.78, 5) is 18.2. The van der Waals surface area contributed by atoms with Gasteiger partial charge in [-0.2, -0.15) is 5.26 Å². The van der Waals surface area contributed by atoms with Crippen LogP contribution in [0, 0.1) is 18.3 Å². The predicted molar refractivity (Wildman–Crippen MR) is 70.5 cm³/mol. The van der Waals surface area contributed by atoms with E-state index in [2.05, 4.69) is 21.4 Å². The van der Waals surface area contributed by atoms with Crippen molar-refractivity contribution in [3.63, 3.8) is 0 Å². The largest absolute Gasteiger partial charge is 0.301 e.